The number of sulfonamides is 1. The molecule has 1 amide bonds. The summed E-state index contributed by atoms with van der Waals surface area (Å²) < 4.78 is 27.7. The fraction of sp³-hybridized carbons (Fsp3) is 0.381. The molecule has 0 aromatic heterocycles. The van der Waals surface area contributed by atoms with Gasteiger partial charge in [-0.3, -0.25) is 4.79 Å². The highest BCUT2D eigenvalue weighted by Crippen LogP contribution is 2.18. The van der Waals surface area contributed by atoms with Crippen molar-refractivity contribution in [1.82, 2.24) is 10.0 Å². The smallest absolute Gasteiger partial charge is 0.251 e. The second-order valence-corrected chi connectivity index (χ2v) is 8.77. The molecule has 0 radical (unpaired) electrons. The first-order valence-electron chi connectivity index (χ1n) is 9.49. The summed E-state index contributed by atoms with van der Waals surface area (Å²) in [7, 11) is -3.68. The van der Waals surface area contributed by atoms with E-state index in [0.29, 0.717) is 5.56 Å². The highest BCUT2D eigenvalue weighted by Gasteiger charge is 2.19. The second-order valence-electron chi connectivity index (χ2n) is 7.00. The van der Waals surface area contributed by atoms with E-state index in [-0.39, 0.29) is 23.4 Å². The Morgan fingerprint density at radius 2 is 1.63 bits per heavy atom. The highest BCUT2D eigenvalue weighted by atomic mass is 32.2. The Labute approximate surface area is 161 Å². The van der Waals surface area contributed by atoms with E-state index in [0.717, 1.165) is 31.2 Å². The van der Waals surface area contributed by atoms with Crippen LogP contribution in [0.2, 0.25) is 0 Å². The van der Waals surface area contributed by atoms with Gasteiger partial charge >= 0.3 is 0 Å². The van der Waals surface area contributed by atoms with Crippen LogP contribution in [0.5, 0.6) is 0 Å². The van der Waals surface area contributed by atoms with Crippen molar-refractivity contribution in [2.45, 2.75) is 56.0 Å². The molecule has 1 saturated carbocycles. The minimum atomic E-state index is -3.68. The molecule has 0 aliphatic heterocycles. The van der Waals surface area contributed by atoms with Gasteiger partial charge < -0.3 is 5.32 Å². The molecule has 0 spiro atoms. The Bertz CT molecular complexity index is 858. The van der Waals surface area contributed by atoms with Crippen LogP contribution in [-0.4, -0.2) is 20.4 Å². The van der Waals surface area contributed by atoms with Gasteiger partial charge in [-0.15, -0.1) is 0 Å². The summed E-state index contributed by atoms with van der Waals surface area (Å²) in [5, 5.41) is 3.06. The molecule has 1 aliphatic rings. The zero-order valence-corrected chi connectivity index (χ0v) is 16.2. The maximum atomic E-state index is 12.6. The predicted molar refractivity (Wildman–Crippen MR) is 106 cm³/mol. The lowest BCUT2D eigenvalue weighted by molar-refractivity contribution is 0.0933. The van der Waals surface area contributed by atoms with Crippen molar-refractivity contribution in [2.24, 2.45) is 0 Å². The van der Waals surface area contributed by atoms with Crippen LogP contribution < -0.4 is 10.0 Å². The lowest BCUT2D eigenvalue weighted by atomic mass is 10.1. The summed E-state index contributed by atoms with van der Waals surface area (Å²) in [6, 6.07) is 15.7. The van der Waals surface area contributed by atoms with Crippen LogP contribution in [0.1, 0.15) is 54.4 Å². The summed E-state index contributed by atoms with van der Waals surface area (Å²) in [4.78, 5) is 12.7. The SMILES string of the molecule is O=C(NC1CCCCCC1)c1cccc(S(=O)(=O)NCc2ccccc2)c1. The molecule has 144 valence electrons. The van der Waals surface area contributed by atoms with Gasteiger partial charge in [-0.25, -0.2) is 13.1 Å². The third-order valence-electron chi connectivity index (χ3n) is 4.91. The number of hydrogen-bond acceptors (Lipinski definition) is 3. The average Bonchev–Trinajstić information content (AvgIpc) is 2.96. The summed E-state index contributed by atoms with van der Waals surface area (Å²) in [6.07, 6.45) is 6.66. The van der Waals surface area contributed by atoms with Gasteiger partial charge in [-0.1, -0.05) is 62.1 Å². The van der Waals surface area contributed by atoms with Crippen LogP contribution in [0.4, 0.5) is 0 Å². The molecule has 0 unspecified atom stereocenters. The van der Waals surface area contributed by atoms with Crippen LogP contribution in [-0.2, 0) is 16.6 Å². The molecule has 0 saturated heterocycles. The van der Waals surface area contributed by atoms with Gasteiger partial charge in [0.15, 0.2) is 0 Å². The summed E-state index contributed by atoms with van der Waals surface area (Å²) in [5.74, 6) is -0.206. The standard InChI is InChI=1S/C21H26N2O3S/c24-21(23-19-12-6-1-2-7-13-19)18-11-8-14-20(15-18)27(25,26)22-16-17-9-4-3-5-10-17/h3-5,8-11,14-15,19,22H,1-2,6-7,12-13,16H2,(H,23,24). The van der Waals surface area contributed by atoms with E-state index >= 15 is 0 Å². The molecule has 1 aliphatic carbocycles. The number of amides is 1. The van der Waals surface area contributed by atoms with Crippen molar-refractivity contribution in [1.29, 1.82) is 0 Å². The normalized spacial score (nSPS) is 15.9. The Kier molecular flexibility index (Phi) is 6.63. The van der Waals surface area contributed by atoms with Gasteiger partial charge in [0.1, 0.15) is 0 Å². The zero-order valence-electron chi connectivity index (χ0n) is 15.4. The van der Waals surface area contributed by atoms with Crippen molar-refractivity contribution >= 4 is 15.9 Å². The Morgan fingerprint density at radius 3 is 2.33 bits per heavy atom. The third kappa shape index (κ3) is 5.65. The van der Waals surface area contributed by atoms with Gasteiger partial charge in [0.2, 0.25) is 10.0 Å². The minimum Gasteiger partial charge on any atom is -0.349 e. The fourth-order valence-corrected chi connectivity index (χ4v) is 4.42. The Hall–Kier alpha value is -2.18. The van der Waals surface area contributed by atoms with Crippen LogP contribution in [0.3, 0.4) is 0 Å². The number of carbonyl (C=O) groups excluding carboxylic acids is 1. The largest absolute Gasteiger partial charge is 0.349 e. The monoisotopic (exact) mass is 386 g/mol. The van der Waals surface area contributed by atoms with Crippen molar-refractivity contribution < 1.29 is 13.2 Å². The molecule has 2 N–H and O–H groups in total. The molecule has 5 nitrogen and oxygen atoms in total. The molecule has 0 bridgehead atoms. The molecular weight excluding hydrogens is 360 g/mol. The molecule has 2 aromatic carbocycles. The highest BCUT2D eigenvalue weighted by molar-refractivity contribution is 7.89. The average molecular weight is 387 g/mol. The van der Waals surface area contributed by atoms with Crippen LogP contribution in [0, 0.1) is 0 Å². The van der Waals surface area contributed by atoms with Crippen LogP contribution in [0.25, 0.3) is 0 Å². The zero-order chi connectivity index (χ0) is 19.1. The maximum Gasteiger partial charge on any atom is 0.251 e. The van der Waals surface area contributed by atoms with Crippen molar-refractivity contribution in [3.05, 3.63) is 65.7 Å². The first-order chi connectivity index (χ1) is 13.0. The predicted octanol–water partition coefficient (Wildman–Crippen LogP) is 3.62. The molecule has 6 heteroatoms. The number of benzene rings is 2. The fourth-order valence-electron chi connectivity index (χ4n) is 3.35. The Balaban J connectivity index is 1.67. The quantitative estimate of drug-likeness (QED) is 0.745. The summed E-state index contributed by atoms with van der Waals surface area (Å²) in [6.45, 7) is 0.210. The lowest BCUT2D eigenvalue weighted by Crippen LogP contribution is -2.34. The number of rotatable bonds is 6. The number of nitrogens with one attached hydrogen (secondary N) is 2. The van der Waals surface area contributed by atoms with Gasteiger partial charge in [0, 0.05) is 18.2 Å². The van der Waals surface area contributed by atoms with Crippen LogP contribution >= 0.6 is 0 Å². The van der Waals surface area contributed by atoms with E-state index in [2.05, 4.69) is 10.0 Å². The maximum absolute atomic E-state index is 12.6. The lowest BCUT2D eigenvalue weighted by Gasteiger charge is -2.16. The van der Waals surface area contributed by atoms with Crippen molar-refractivity contribution in [3.8, 4) is 0 Å². The topological polar surface area (TPSA) is 75.3 Å². The molecular formula is C21H26N2O3S. The molecule has 2 aromatic rings. The Morgan fingerprint density at radius 1 is 0.926 bits per heavy atom. The van der Waals surface area contributed by atoms with E-state index in [4.69, 9.17) is 0 Å². The van der Waals surface area contributed by atoms with E-state index in [9.17, 15) is 13.2 Å². The van der Waals surface area contributed by atoms with Crippen LogP contribution in [0.15, 0.2) is 59.5 Å². The van der Waals surface area contributed by atoms with Crippen molar-refractivity contribution in [3.63, 3.8) is 0 Å². The van der Waals surface area contributed by atoms with Gasteiger partial charge in [-0.2, -0.15) is 0 Å². The summed E-state index contributed by atoms with van der Waals surface area (Å²) in [5.41, 5.74) is 1.25. The number of carbonyl (C=O) groups is 1. The number of hydrogen-bond donors (Lipinski definition) is 2. The minimum absolute atomic E-state index is 0.104. The van der Waals surface area contributed by atoms with E-state index < -0.39 is 10.0 Å². The van der Waals surface area contributed by atoms with E-state index in [1.165, 1.54) is 25.0 Å². The molecule has 0 heterocycles. The molecule has 3 rings (SSSR count). The first kappa shape index (κ1) is 19.6. The van der Waals surface area contributed by atoms with Gasteiger partial charge in [0.05, 0.1) is 4.90 Å². The third-order valence-corrected chi connectivity index (χ3v) is 6.30. The molecule has 0 atom stereocenters. The first-order valence-corrected chi connectivity index (χ1v) is 11.0. The van der Waals surface area contributed by atoms with E-state index in [1.807, 2.05) is 30.3 Å². The molecule has 27 heavy (non-hydrogen) atoms. The second kappa shape index (κ2) is 9.15. The van der Waals surface area contributed by atoms with E-state index in [1.54, 1.807) is 12.1 Å². The molecule has 1 fully saturated rings. The van der Waals surface area contributed by atoms with Crippen molar-refractivity contribution in [2.75, 3.05) is 0 Å². The van der Waals surface area contributed by atoms with Gasteiger partial charge in [0.25, 0.3) is 5.91 Å². The summed E-state index contributed by atoms with van der Waals surface area (Å²) >= 11 is 0. The van der Waals surface area contributed by atoms with Gasteiger partial charge in [-0.05, 0) is 36.6 Å².